The molecule has 0 saturated carbocycles. The van der Waals surface area contributed by atoms with Crippen LogP contribution in [-0.4, -0.2) is 12.5 Å². The van der Waals surface area contributed by atoms with Crippen LogP contribution in [0.25, 0.3) is 11.0 Å². The lowest BCUT2D eigenvalue weighted by molar-refractivity contribution is 0.0938. The van der Waals surface area contributed by atoms with Gasteiger partial charge in [-0.3, -0.25) is 9.59 Å². The number of hydrogen-bond donors (Lipinski definition) is 1. The number of carbonyl (C=O) groups excluding carboxylic acids is 1. The topological polar surface area (TPSA) is 68.5 Å². The predicted octanol–water partition coefficient (Wildman–Crippen LogP) is 4.42. The van der Waals surface area contributed by atoms with Gasteiger partial charge in [-0.05, 0) is 55.2 Å². The minimum absolute atomic E-state index is 0.103. The zero-order chi connectivity index (χ0) is 19.8. The molecule has 1 amide bonds. The van der Waals surface area contributed by atoms with Crippen molar-refractivity contribution < 1.29 is 13.9 Å². The summed E-state index contributed by atoms with van der Waals surface area (Å²) in [5.74, 6) is 0.466. The van der Waals surface area contributed by atoms with Crippen LogP contribution in [0, 0.1) is 13.8 Å². The first-order valence-corrected chi connectivity index (χ1v) is 9.61. The largest absolute Gasteiger partial charge is 0.494 e. The van der Waals surface area contributed by atoms with Crippen molar-refractivity contribution in [2.24, 2.45) is 0 Å². The molecular formula is C23H23NO4. The Balaban J connectivity index is 1.82. The molecule has 1 unspecified atom stereocenters. The summed E-state index contributed by atoms with van der Waals surface area (Å²) in [5, 5.41) is 3.40. The number of aryl methyl sites for hydroxylation is 2. The second-order valence-electron chi connectivity index (χ2n) is 7.31. The van der Waals surface area contributed by atoms with Crippen LogP contribution in [0.3, 0.4) is 0 Å². The van der Waals surface area contributed by atoms with E-state index in [1.54, 1.807) is 0 Å². The van der Waals surface area contributed by atoms with E-state index >= 15 is 0 Å². The average Bonchev–Trinajstić information content (AvgIpc) is 3.00. The van der Waals surface area contributed by atoms with Crippen molar-refractivity contribution in [1.29, 1.82) is 0 Å². The molecule has 1 aromatic heterocycles. The first-order valence-electron chi connectivity index (χ1n) is 9.61. The van der Waals surface area contributed by atoms with Gasteiger partial charge in [0.1, 0.15) is 11.3 Å². The molecule has 1 aliphatic heterocycles. The molecule has 4 rings (SSSR count). The van der Waals surface area contributed by atoms with Crippen molar-refractivity contribution in [1.82, 2.24) is 5.32 Å². The van der Waals surface area contributed by atoms with E-state index in [-0.39, 0.29) is 17.1 Å². The predicted molar refractivity (Wildman–Crippen MR) is 108 cm³/mol. The summed E-state index contributed by atoms with van der Waals surface area (Å²) < 4.78 is 11.7. The van der Waals surface area contributed by atoms with Gasteiger partial charge >= 0.3 is 0 Å². The molecule has 0 aliphatic carbocycles. The molecule has 0 saturated heterocycles. The fourth-order valence-corrected chi connectivity index (χ4v) is 3.73. The molecule has 0 radical (unpaired) electrons. The van der Waals surface area contributed by atoms with Crippen LogP contribution in [0.15, 0.2) is 45.6 Å². The Morgan fingerprint density at radius 2 is 1.96 bits per heavy atom. The number of ether oxygens (including phenoxy) is 1. The molecule has 144 valence electrons. The molecule has 0 bridgehead atoms. The van der Waals surface area contributed by atoms with Crippen LogP contribution < -0.4 is 15.5 Å². The quantitative estimate of drug-likeness (QED) is 0.668. The summed E-state index contributed by atoms with van der Waals surface area (Å²) in [5.41, 5.74) is 3.31. The highest BCUT2D eigenvalue weighted by molar-refractivity contribution is 5.99. The van der Waals surface area contributed by atoms with E-state index in [1.165, 1.54) is 0 Å². The smallest absolute Gasteiger partial charge is 0.288 e. The number of carbonyl (C=O) groups is 1. The molecule has 5 heteroatoms. The Morgan fingerprint density at radius 1 is 1.14 bits per heavy atom. The van der Waals surface area contributed by atoms with Gasteiger partial charge in [0.25, 0.3) is 5.91 Å². The number of nitrogens with one attached hydrogen (secondary N) is 1. The van der Waals surface area contributed by atoms with Gasteiger partial charge in [0.05, 0.1) is 23.6 Å². The molecule has 2 heterocycles. The number of fused-ring (bicyclic) bond motifs is 2. The molecule has 0 fully saturated rings. The third-order valence-electron chi connectivity index (χ3n) is 5.09. The van der Waals surface area contributed by atoms with Crippen LogP contribution in [0.4, 0.5) is 0 Å². The first-order chi connectivity index (χ1) is 13.5. The fourth-order valence-electron chi connectivity index (χ4n) is 3.73. The summed E-state index contributed by atoms with van der Waals surface area (Å²) in [6, 6.07) is 10.7. The standard InChI is InChI=1S/C23H23NO4/c1-4-5-9-27-16-8-6-7-15(12-16)19-18-20(25)17-11-13(2)10-14(3)21(17)28-22(18)23(26)24-19/h6-8,10-12,19H,4-5,9H2,1-3H3,(H,24,26). The third-order valence-corrected chi connectivity index (χ3v) is 5.09. The highest BCUT2D eigenvalue weighted by Crippen LogP contribution is 2.33. The van der Waals surface area contributed by atoms with E-state index in [0.29, 0.717) is 23.1 Å². The lowest BCUT2D eigenvalue weighted by Gasteiger charge is -2.14. The highest BCUT2D eigenvalue weighted by atomic mass is 16.5. The first kappa shape index (κ1) is 18.3. The second-order valence-corrected chi connectivity index (χ2v) is 7.31. The third kappa shape index (κ3) is 3.07. The molecule has 1 aliphatic rings. The van der Waals surface area contributed by atoms with Crippen molar-refractivity contribution in [3.05, 3.63) is 74.6 Å². The lowest BCUT2D eigenvalue weighted by atomic mass is 9.98. The van der Waals surface area contributed by atoms with E-state index in [9.17, 15) is 9.59 Å². The minimum atomic E-state index is -0.543. The molecule has 1 N–H and O–H groups in total. The fraction of sp³-hybridized carbons (Fsp3) is 0.304. The Hall–Kier alpha value is -3.08. The van der Waals surface area contributed by atoms with Gasteiger partial charge in [-0.25, -0.2) is 0 Å². The molecule has 1 atom stereocenters. The summed E-state index contributed by atoms with van der Waals surface area (Å²) >= 11 is 0. The zero-order valence-corrected chi connectivity index (χ0v) is 16.3. The number of unbranched alkanes of at least 4 members (excludes halogenated alkanes) is 1. The van der Waals surface area contributed by atoms with Crippen molar-refractivity contribution in [2.45, 2.75) is 39.7 Å². The van der Waals surface area contributed by atoms with Crippen LogP contribution >= 0.6 is 0 Å². The van der Waals surface area contributed by atoms with Gasteiger partial charge in [0, 0.05) is 0 Å². The highest BCUT2D eigenvalue weighted by Gasteiger charge is 2.36. The van der Waals surface area contributed by atoms with E-state index in [4.69, 9.17) is 9.15 Å². The minimum Gasteiger partial charge on any atom is -0.494 e. The van der Waals surface area contributed by atoms with E-state index in [0.717, 1.165) is 35.3 Å². The summed E-state index contributed by atoms with van der Waals surface area (Å²) in [4.78, 5) is 25.8. The van der Waals surface area contributed by atoms with Gasteiger partial charge in [0.15, 0.2) is 5.43 Å². The van der Waals surface area contributed by atoms with Gasteiger partial charge in [-0.2, -0.15) is 0 Å². The number of benzene rings is 2. The number of rotatable bonds is 5. The molecular weight excluding hydrogens is 354 g/mol. The monoisotopic (exact) mass is 377 g/mol. The maximum Gasteiger partial charge on any atom is 0.288 e. The van der Waals surface area contributed by atoms with Crippen LogP contribution in [0.1, 0.15) is 58.6 Å². The SMILES string of the molecule is CCCCOc1cccc(C2NC(=O)c3oc4c(C)cc(C)cc4c(=O)c32)c1. The van der Waals surface area contributed by atoms with Crippen LogP contribution in [0.2, 0.25) is 0 Å². The maximum absolute atomic E-state index is 13.3. The Bertz CT molecular complexity index is 1130. The van der Waals surface area contributed by atoms with Gasteiger partial charge < -0.3 is 14.5 Å². The Morgan fingerprint density at radius 3 is 2.75 bits per heavy atom. The average molecular weight is 377 g/mol. The molecule has 28 heavy (non-hydrogen) atoms. The van der Waals surface area contributed by atoms with Crippen molar-refractivity contribution in [3.63, 3.8) is 0 Å². The van der Waals surface area contributed by atoms with Crippen molar-refractivity contribution >= 4 is 16.9 Å². The lowest BCUT2D eigenvalue weighted by Crippen LogP contribution is -2.22. The van der Waals surface area contributed by atoms with E-state index < -0.39 is 6.04 Å². The Kier molecular flexibility index (Phi) is 4.67. The van der Waals surface area contributed by atoms with E-state index in [1.807, 2.05) is 50.2 Å². The number of amides is 1. The van der Waals surface area contributed by atoms with Crippen LogP contribution in [0.5, 0.6) is 5.75 Å². The second kappa shape index (κ2) is 7.15. The van der Waals surface area contributed by atoms with Gasteiger partial charge in [-0.15, -0.1) is 0 Å². The summed E-state index contributed by atoms with van der Waals surface area (Å²) in [6.07, 6.45) is 2.03. The van der Waals surface area contributed by atoms with Crippen molar-refractivity contribution in [3.8, 4) is 5.75 Å². The molecule has 2 aromatic carbocycles. The van der Waals surface area contributed by atoms with Gasteiger partial charge in [0.2, 0.25) is 5.76 Å². The summed E-state index contributed by atoms with van der Waals surface area (Å²) in [7, 11) is 0. The molecule has 0 spiro atoms. The molecule has 3 aromatic rings. The van der Waals surface area contributed by atoms with Crippen LogP contribution in [-0.2, 0) is 0 Å². The Labute approximate surface area is 163 Å². The normalized spacial score (nSPS) is 15.5. The van der Waals surface area contributed by atoms with E-state index in [2.05, 4.69) is 12.2 Å². The number of hydrogen-bond acceptors (Lipinski definition) is 4. The summed E-state index contributed by atoms with van der Waals surface area (Å²) in [6.45, 7) is 6.57. The van der Waals surface area contributed by atoms with Crippen molar-refractivity contribution in [2.75, 3.05) is 6.61 Å². The maximum atomic E-state index is 13.3. The van der Waals surface area contributed by atoms with Gasteiger partial charge in [-0.1, -0.05) is 31.5 Å². The zero-order valence-electron chi connectivity index (χ0n) is 16.3. The molecule has 5 nitrogen and oxygen atoms in total.